The van der Waals surface area contributed by atoms with Crippen LogP contribution < -0.4 is 0 Å². The molecule has 0 saturated heterocycles. The highest BCUT2D eigenvalue weighted by Gasteiger charge is 2.15. The third kappa shape index (κ3) is 2.25. The smallest absolute Gasteiger partial charge is 0.359 e. The number of aromatic nitrogens is 3. The lowest BCUT2D eigenvalue weighted by molar-refractivity contribution is 0.0689. The highest BCUT2D eigenvalue weighted by molar-refractivity contribution is 9.10. The van der Waals surface area contributed by atoms with Crippen molar-refractivity contribution in [1.29, 1.82) is 0 Å². The van der Waals surface area contributed by atoms with Gasteiger partial charge in [-0.25, -0.2) is 9.48 Å². The number of carboxylic acid groups (broad SMARTS) is 1. The van der Waals surface area contributed by atoms with Gasteiger partial charge < -0.3 is 9.84 Å². The molecule has 1 N–H and O–H groups in total. The summed E-state index contributed by atoms with van der Waals surface area (Å²) in [7, 11) is 1.56. The largest absolute Gasteiger partial charge is 0.476 e. The molecule has 0 aliphatic rings. The summed E-state index contributed by atoms with van der Waals surface area (Å²) in [6.45, 7) is 0.929. The molecule has 0 aromatic carbocycles. The van der Waals surface area contributed by atoms with E-state index < -0.39 is 5.97 Å². The number of ether oxygens (including phenoxy) is 1. The second kappa shape index (κ2) is 4.33. The number of aromatic carboxylic acids is 1. The number of hydrogen-bond donors (Lipinski definition) is 1. The molecule has 72 valence electrons. The number of carbonyl (C=O) groups is 1. The van der Waals surface area contributed by atoms with Crippen molar-refractivity contribution in [3.8, 4) is 0 Å². The van der Waals surface area contributed by atoms with E-state index in [-0.39, 0.29) is 5.69 Å². The fourth-order valence-electron chi connectivity index (χ4n) is 0.753. The van der Waals surface area contributed by atoms with Crippen LogP contribution in [0, 0.1) is 0 Å². The van der Waals surface area contributed by atoms with Crippen LogP contribution in [0.15, 0.2) is 4.60 Å². The first-order chi connectivity index (χ1) is 6.16. The van der Waals surface area contributed by atoms with Crippen molar-refractivity contribution in [3.63, 3.8) is 0 Å². The zero-order valence-electron chi connectivity index (χ0n) is 6.90. The van der Waals surface area contributed by atoms with Crippen molar-refractivity contribution >= 4 is 21.9 Å². The standard InChI is InChI=1S/C6H8BrN3O3/c1-13-3-2-10-5(7)4(6(11)12)8-9-10/h2-3H2,1H3,(H,11,12). The van der Waals surface area contributed by atoms with Crippen LogP contribution >= 0.6 is 15.9 Å². The van der Waals surface area contributed by atoms with E-state index >= 15 is 0 Å². The summed E-state index contributed by atoms with van der Waals surface area (Å²) in [6.07, 6.45) is 0. The first-order valence-electron chi connectivity index (χ1n) is 3.48. The monoisotopic (exact) mass is 249 g/mol. The van der Waals surface area contributed by atoms with E-state index in [1.807, 2.05) is 0 Å². The Balaban J connectivity index is 2.80. The maximum Gasteiger partial charge on any atom is 0.359 e. The molecule has 1 aromatic heterocycles. The maximum atomic E-state index is 10.5. The van der Waals surface area contributed by atoms with E-state index in [0.717, 1.165) is 0 Å². The molecule has 6 nitrogen and oxygen atoms in total. The molecule has 0 atom stereocenters. The van der Waals surface area contributed by atoms with Crippen molar-refractivity contribution in [3.05, 3.63) is 10.3 Å². The summed E-state index contributed by atoms with van der Waals surface area (Å²) in [5.74, 6) is -1.10. The van der Waals surface area contributed by atoms with Crippen LogP contribution in [-0.2, 0) is 11.3 Å². The molecule has 0 amide bonds. The predicted molar refractivity (Wildman–Crippen MR) is 46.6 cm³/mol. The lowest BCUT2D eigenvalue weighted by Crippen LogP contribution is -2.06. The number of carboxylic acids is 1. The Hall–Kier alpha value is -0.950. The number of hydrogen-bond acceptors (Lipinski definition) is 4. The highest BCUT2D eigenvalue weighted by Crippen LogP contribution is 2.13. The van der Waals surface area contributed by atoms with Crippen LogP contribution in [0.4, 0.5) is 0 Å². The average molecular weight is 250 g/mol. The first-order valence-corrected chi connectivity index (χ1v) is 4.27. The van der Waals surface area contributed by atoms with E-state index in [0.29, 0.717) is 17.8 Å². The van der Waals surface area contributed by atoms with E-state index in [4.69, 9.17) is 9.84 Å². The normalized spacial score (nSPS) is 10.3. The number of halogens is 1. The average Bonchev–Trinajstić information content (AvgIpc) is 2.43. The summed E-state index contributed by atoms with van der Waals surface area (Å²) in [5.41, 5.74) is -0.0869. The van der Waals surface area contributed by atoms with Crippen LogP contribution in [0.1, 0.15) is 10.5 Å². The van der Waals surface area contributed by atoms with Gasteiger partial charge in [0.25, 0.3) is 0 Å². The molecule has 0 unspecified atom stereocenters. The molecule has 7 heteroatoms. The Bertz CT molecular complexity index is 312. The predicted octanol–water partition coefficient (Wildman–Crippen LogP) is 0.385. The minimum Gasteiger partial charge on any atom is -0.476 e. The summed E-state index contributed by atoms with van der Waals surface area (Å²) < 4.78 is 6.60. The number of rotatable bonds is 4. The molecule has 0 aliphatic heterocycles. The molecule has 1 rings (SSSR count). The van der Waals surface area contributed by atoms with Gasteiger partial charge in [-0.1, -0.05) is 5.21 Å². The fraction of sp³-hybridized carbons (Fsp3) is 0.500. The van der Waals surface area contributed by atoms with Gasteiger partial charge in [0.2, 0.25) is 5.69 Å². The molecular formula is C6H8BrN3O3. The van der Waals surface area contributed by atoms with Crippen molar-refractivity contribution in [1.82, 2.24) is 15.0 Å². The molecule has 1 aromatic rings. The van der Waals surface area contributed by atoms with Crippen LogP contribution in [0.2, 0.25) is 0 Å². The van der Waals surface area contributed by atoms with Crippen molar-refractivity contribution < 1.29 is 14.6 Å². The second-order valence-corrected chi connectivity index (χ2v) is 3.00. The van der Waals surface area contributed by atoms with E-state index in [1.54, 1.807) is 7.11 Å². The molecule has 0 saturated carbocycles. The third-order valence-electron chi connectivity index (χ3n) is 1.38. The van der Waals surface area contributed by atoms with Crippen LogP contribution in [0.25, 0.3) is 0 Å². The Labute approximate surface area is 82.6 Å². The van der Waals surface area contributed by atoms with Crippen molar-refractivity contribution in [2.24, 2.45) is 0 Å². The third-order valence-corrected chi connectivity index (χ3v) is 2.17. The summed E-state index contributed by atoms with van der Waals surface area (Å²) in [4.78, 5) is 10.5. The second-order valence-electron chi connectivity index (χ2n) is 2.25. The molecule has 0 fully saturated rings. The van der Waals surface area contributed by atoms with Crippen molar-refractivity contribution in [2.45, 2.75) is 6.54 Å². The fourth-order valence-corrected chi connectivity index (χ4v) is 1.25. The minimum absolute atomic E-state index is 0.0869. The van der Waals surface area contributed by atoms with Gasteiger partial charge in [-0.3, -0.25) is 0 Å². The summed E-state index contributed by atoms with van der Waals surface area (Å²) in [6, 6.07) is 0. The molecule has 1 heterocycles. The lowest BCUT2D eigenvalue weighted by atomic mass is 10.5. The zero-order valence-corrected chi connectivity index (χ0v) is 8.48. The van der Waals surface area contributed by atoms with Gasteiger partial charge in [-0.05, 0) is 15.9 Å². The van der Waals surface area contributed by atoms with Crippen LogP contribution in [0.3, 0.4) is 0 Å². The lowest BCUT2D eigenvalue weighted by Gasteiger charge is -1.99. The van der Waals surface area contributed by atoms with Gasteiger partial charge in [0.15, 0.2) is 0 Å². The molecule has 13 heavy (non-hydrogen) atoms. The van der Waals surface area contributed by atoms with Gasteiger partial charge in [0, 0.05) is 7.11 Å². The van der Waals surface area contributed by atoms with Gasteiger partial charge >= 0.3 is 5.97 Å². The molecule has 0 aliphatic carbocycles. The quantitative estimate of drug-likeness (QED) is 0.836. The molecule has 0 bridgehead atoms. The van der Waals surface area contributed by atoms with Crippen LogP contribution in [0.5, 0.6) is 0 Å². The van der Waals surface area contributed by atoms with E-state index in [1.165, 1.54) is 4.68 Å². The Morgan fingerprint density at radius 1 is 1.77 bits per heavy atom. The molecular weight excluding hydrogens is 242 g/mol. The van der Waals surface area contributed by atoms with E-state index in [2.05, 4.69) is 26.2 Å². The summed E-state index contributed by atoms with van der Waals surface area (Å²) in [5, 5.41) is 15.7. The summed E-state index contributed by atoms with van der Waals surface area (Å²) >= 11 is 3.08. The first kappa shape index (κ1) is 10.1. The van der Waals surface area contributed by atoms with Crippen LogP contribution in [-0.4, -0.2) is 39.8 Å². The van der Waals surface area contributed by atoms with E-state index in [9.17, 15) is 4.79 Å². The van der Waals surface area contributed by atoms with Crippen molar-refractivity contribution in [2.75, 3.05) is 13.7 Å². The Morgan fingerprint density at radius 2 is 2.46 bits per heavy atom. The zero-order chi connectivity index (χ0) is 9.84. The number of methoxy groups -OCH3 is 1. The topological polar surface area (TPSA) is 77.2 Å². The van der Waals surface area contributed by atoms with Gasteiger partial charge in [0.05, 0.1) is 13.2 Å². The van der Waals surface area contributed by atoms with Gasteiger partial charge in [0.1, 0.15) is 4.60 Å². The Kier molecular flexibility index (Phi) is 3.38. The number of nitrogens with zero attached hydrogens (tertiary/aromatic N) is 3. The minimum atomic E-state index is -1.10. The SMILES string of the molecule is COCCn1nnc(C(=O)O)c1Br. The Morgan fingerprint density at radius 3 is 2.92 bits per heavy atom. The highest BCUT2D eigenvalue weighted by atomic mass is 79.9. The molecule has 0 radical (unpaired) electrons. The maximum absolute atomic E-state index is 10.5. The van der Waals surface area contributed by atoms with Gasteiger partial charge in [-0.2, -0.15) is 0 Å². The van der Waals surface area contributed by atoms with Gasteiger partial charge in [-0.15, -0.1) is 5.10 Å². The molecule has 0 spiro atoms.